The third-order valence-electron chi connectivity index (χ3n) is 20.5. The second kappa shape index (κ2) is 41.6. The zero-order valence-corrected chi connectivity index (χ0v) is 64.9. The number of carbonyl (C=O) groups excluding carboxylic acids is 17. The van der Waals surface area contributed by atoms with Crippen LogP contribution in [0.3, 0.4) is 0 Å². The Morgan fingerprint density at radius 2 is 1.42 bits per heavy atom. The number of benzene rings is 2. The van der Waals surface area contributed by atoms with E-state index in [2.05, 4.69) is 42.2 Å². The molecule has 7 rings (SSSR count). The minimum Gasteiger partial charge on any atom is -0.445 e. The van der Waals surface area contributed by atoms with E-state index < -0.39 is 236 Å². The normalized spacial score (nSPS) is 22.3. The van der Waals surface area contributed by atoms with Gasteiger partial charge in [0.2, 0.25) is 47.3 Å². The van der Waals surface area contributed by atoms with E-state index >= 15 is 4.21 Å². The molecule has 616 valence electrons. The van der Waals surface area contributed by atoms with Gasteiger partial charge in [0.1, 0.15) is 35.2 Å². The summed E-state index contributed by atoms with van der Waals surface area (Å²) in [6, 6.07) is 2.34. The van der Waals surface area contributed by atoms with Crippen LogP contribution in [0.4, 0.5) is 14.4 Å². The van der Waals surface area contributed by atoms with Crippen LogP contribution in [-0.4, -0.2) is 259 Å². The Hall–Kier alpha value is -10.9. The average Bonchev–Trinajstić information content (AvgIpc) is 1.63. The molecular formula is C75H102N14O23S. The number of fused-ring (bicyclic) bond motifs is 5. The van der Waals surface area contributed by atoms with Gasteiger partial charge in [0.05, 0.1) is 78.0 Å². The summed E-state index contributed by atoms with van der Waals surface area (Å²) in [6.45, 7) is 4.84. The topological polar surface area (TPSA) is 551 Å². The molecule has 0 saturated carbocycles. The maximum atomic E-state index is 15.3. The summed E-state index contributed by atoms with van der Waals surface area (Å²) in [7, 11) is 0.292. The Balaban J connectivity index is 1.08. The summed E-state index contributed by atoms with van der Waals surface area (Å²) < 4.78 is 26.6. The lowest BCUT2D eigenvalue weighted by Gasteiger charge is -2.32. The molecule has 37 nitrogen and oxygen atoms in total. The number of nitrogens with one attached hydrogen (secondary N) is 8. The highest BCUT2D eigenvalue weighted by atomic mass is 32.2. The predicted octanol–water partition coefficient (Wildman–Crippen LogP) is -1.76. The van der Waals surface area contributed by atoms with E-state index in [4.69, 9.17) is 20.9 Å². The van der Waals surface area contributed by atoms with Gasteiger partial charge in [0, 0.05) is 133 Å². The lowest BCUT2D eigenvalue weighted by molar-refractivity contribution is -0.145. The van der Waals surface area contributed by atoms with Gasteiger partial charge in [-0.1, -0.05) is 65.3 Å². The van der Waals surface area contributed by atoms with Crippen LogP contribution in [-0.2, 0) is 102 Å². The summed E-state index contributed by atoms with van der Waals surface area (Å²) in [5, 5.41) is 49.8. The van der Waals surface area contributed by atoms with E-state index in [-0.39, 0.29) is 116 Å². The van der Waals surface area contributed by atoms with Crippen LogP contribution < -0.4 is 53.4 Å². The number of hydrogen-bond acceptors (Lipinski definition) is 23. The van der Waals surface area contributed by atoms with Gasteiger partial charge in [-0.3, -0.25) is 76.2 Å². The van der Waals surface area contributed by atoms with Crippen molar-refractivity contribution in [2.24, 2.45) is 47.0 Å². The van der Waals surface area contributed by atoms with Crippen molar-refractivity contribution in [1.29, 1.82) is 0 Å². The first-order valence-corrected chi connectivity index (χ1v) is 38.7. The first-order chi connectivity index (χ1) is 53.5. The first-order valence-electron chi connectivity index (χ1n) is 37.4. The van der Waals surface area contributed by atoms with E-state index in [0.29, 0.717) is 17.5 Å². The van der Waals surface area contributed by atoms with Crippen LogP contribution in [0.15, 0.2) is 59.6 Å². The summed E-state index contributed by atoms with van der Waals surface area (Å²) >= 11 is 0. The number of aromatic amines is 1. The number of ketones is 4. The molecule has 0 aliphatic carbocycles. The van der Waals surface area contributed by atoms with Crippen LogP contribution >= 0.6 is 0 Å². The van der Waals surface area contributed by atoms with E-state index in [1.54, 1.807) is 52.0 Å². The molecule has 4 aliphatic rings. The second-order valence-electron chi connectivity index (χ2n) is 29.3. The molecule has 3 aromatic rings. The van der Waals surface area contributed by atoms with Crippen LogP contribution in [0.1, 0.15) is 116 Å². The third kappa shape index (κ3) is 25.3. The number of carbonyl (C=O) groups is 17. The number of nitrogens with zero attached hydrogens (tertiary/aromatic N) is 4. The molecule has 113 heavy (non-hydrogen) atoms. The zero-order valence-electron chi connectivity index (χ0n) is 64.1. The number of imide groups is 1. The largest absolute Gasteiger partial charge is 0.445 e. The smallest absolute Gasteiger partial charge is 0.415 e. The number of H-pyrrole nitrogens is 1. The summed E-state index contributed by atoms with van der Waals surface area (Å²) in [5.41, 5.74) is 12.1. The summed E-state index contributed by atoms with van der Waals surface area (Å²) in [4.78, 5) is 238. The van der Waals surface area contributed by atoms with Crippen molar-refractivity contribution in [2.75, 3.05) is 72.3 Å². The van der Waals surface area contributed by atoms with Gasteiger partial charge >= 0.3 is 18.2 Å². The van der Waals surface area contributed by atoms with Crippen molar-refractivity contribution in [2.45, 2.75) is 166 Å². The van der Waals surface area contributed by atoms with Crippen molar-refractivity contribution in [1.82, 2.24) is 61.8 Å². The van der Waals surface area contributed by atoms with E-state index in [9.17, 15) is 96.8 Å². The number of nitrogens with two attached hydrogens (primary N) is 2. The molecule has 1 unspecified atom stereocenters. The standard InChI is InChI=1S/C75H102N14O23S/c1-8-40(4)65-70(105)80-33-61(98)81-54-38-113(110)71-51(26-44(67(102)79-34-62(99)84-65)27-58(95)66(41(5)59(96)36-90)85-69(104)55-31-47(92)35-89(55)72(106)45(28-57(54)94)29-60(76)97)49-18-17-48(32-53(49)83-71)112-75(109)87(7)24-23-86(6)74(108)111-37-43-15-13-42(14-16-43)25-56(93)52(12-9-21-78-73(77)107)82-68(103)50(39(2)3)30-46(91)11-10-22-88-63(100)19-20-64(88)101/h13-20,32,39-41,44-45,47,50,52,54-55,59,65-66,83,90,92,96H,8-12,21-31,33-38H2,1-7H3,(H2,76,97)(H,79,102)(H,80,105)(H,81,98)(H,82,103)(H,84,99)(H,85,104)(H3,77,78,107)/t40-,41-,44-,45-,47+,50-,52-,54-,55-,59-,65-,66-,113?/m0/s1. The Morgan fingerprint density at radius 1 is 0.770 bits per heavy atom. The number of rotatable bonds is 29. The van der Waals surface area contributed by atoms with Crippen molar-refractivity contribution in [3.05, 3.63) is 71.3 Å². The molecule has 13 atom stereocenters. The van der Waals surface area contributed by atoms with Gasteiger partial charge in [-0.25, -0.2) is 14.4 Å². The molecule has 1 saturated heterocycles. The van der Waals surface area contributed by atoms with Crippen molar-refractivity contribution >= 4 is 122 Å². The van der Waals surface area contributed by atoms with Gasteiger partial charge in [-0.15, -0.1) is 0 Å². The van der Waals surface area contributed by atoms with Gasteiger partial charge in [0.15, 0.2) is 17.3 Å². The monoisotopic (exact) mass is 1600 g/mol. The van der Waals surface area contributed by atoms with E-state index in [1.807, 2.05) is 0 Å². The molecule has 0 spiro atoms. The van der Waals surface area contributed by atoms with E-state index in [0.717, 1.165) is 26.9 Å². The van der Waals surface area contributed by atoms with Gasteiger partial charge in [0.25, 0.3) is 11.8 Å². The van der Waals surface area contributed by atoms with Crippen LogP contribution in [0, 0.1) is 35.5 Å². The van der Waals surface area contributed by atoms with Gasteiger partial charge in [-0.05, 0) is 66.3 Å². The number of aromatic nitrogens is 1. The molecule has 15 N–H and O–H groups in total. The number of likely N-dealkylation sites (N-methyl/N-ethyl adjacent to an activating group) is 2. The Labute approximate surface area is 653 Å². The first kappa shape index (κ1) is 89.3. The Bertz CT molecular complexity index is 4130. The SMILES string of the molecule is CC[C@H](C)[C@@H]1NC(=O)CNC(=O)[C@@H]2CC(=O)[C@H]([C@@H](C)[C@@H](O)CO)NC(=O)[C@@H]3C[C@@H](O)CN3C(=O)[C@H](CC(N)=O)CC(=O)[C@H](CS(=O)c3[nH]c4cc(OC(=O)N(C)CCN(C)C(=O)OCc5ccc(CC(=O)[C@H](CCCNC(N)=O)NC(=O)[C@@H](CC(=O)CCCN6C(=O)C=CC6=O)C(C)C)cc5)ccc4c3C2)NC(=O)CNC1=O. The fraction of sp³-hybridized carbons (Fsp3) is 0.560. The number of aliphatic hydroxyl groups is 3. The van der Waals surface area contributed by atoms with Crippen molar-refractivity contribution in [3.63, 3.8) is 0 Å². The highest BCUT2D eigenvalue weighted by molar-refractivity contribution is 7.85. The van der Waals surface area contributed by atoms with Crippen molar-refractivity contribution in [3.8, 4) is 5.75 Å². The molecular weight excluding hydrogens is 1500 g/mol. The molecule has 2 aromatic carbocycles. The van der Waals surface area contributed by atoms with Gasteiger partial charge in [-0.2, -0.15) is 0 Å². The molecule has 14 amide bonds. The average molecular weight is 1600 g/mol. The second-order valence-corrected chi connectivity index (χ2v) is 30.7. The lowest BCUT2D eigenvalue weighted by atomic mass is 9.85. The third-order valence-corrected chi connectivity index (χ3v) is 21.9. The van der Waals surface area contributed by atoms with Crippen LogP contribution in [0.2, 0.25) is 0 Å². The Morgan fingerprint density at radius 3 is 2.05 bits per heavy atom. The number of aliphatic hydroxyl groups excluding tert-OH is 3. The number of urea groups is 1. The molecule has 1 aromatic heterocycles. The number of Topliss-reactive ketones (excluding diaryl/α,β-unsaturated/α-hetero) is 4. The molecule has 0 radical (unpaired) electrons. The molecule has 5 heterocycles. The molecule has 1 fully saturated rings. The van der Waals surface area contributed by atoms with Crippen molar-refractivity contribution < 1.29 is 111 Å². The summed E-state index contributed by atoms with van der Waals surface area (Å²) in [6.07, 6.45) is -5.40. The maximum Gasteiger partial charge on any atom is 0.415 e. The highest BCUT2D eigenvalue weighted by Gasteiger charge is 2.46. The number of ether oxygens (including phenoxy) is 2. The van der Waals surface area contributed by atoms with Gasteiger partial charge < -0.3 is 93.2 Å². The van der Waals surface area contributed by atoms with Crippen LogP contribution in [0.25, 0.3) is 10.9 Å². The number of primary amides is 2. The summed E-state index contributed by atoms with van der Waals surface area (Å²) in [5.74, 6) is -18.2. The molecule has 4 aliphatic heterocycles. The fourth-order valence-corrected chi connectivity index (χ4v) is 14.9. The lowest BCUT2D eigenvalue weighted by Crippen LogP contribution is -2.56. The zero-order chi connectivity index (χ0) is 83.2. The molecule has 38 heteroatoms. The minimum atomic E-state index is -2.50. The maximum absolute atomic E-state index is 15.3. The predicted molar refractivity (Wildman–Crippen MR) is 401 cm³/mol. The quantitative estimate of drug-likeness (QED) is 0.0270. The van der Waals surface area contributed by atoms with E-state index in [1.165, 1.54) is 44.1 Å². The minimum absolute atomic E-state index is 0.00597. The van der Waals surface area contributed by atoms with Crippen LogP contribution in [0.5, 0.6) is 5.75 Å². The Kier molecular flexibility index (Phi) is 32.9. The fourth-order valence-electron chi connectivity index (χ4n) is 13.5. The number of hydrogen-bond donors (Lipinski definition) is 13. The number of amides is 14. The highest BCUT2D eigenvalue weighted by Crippen LogP contribution is 2.34. The molecule has 2 bridgehead atoms.